The van der Waals surface area contributed by atoms with Crippen LogP contribution in [0, 0.1) is 0 Å². The first-order valence-corrected chi connectivity index (χ1v) is 4.07. The van der Waals surface area contributed by atoms with Gasteiger partial charge in [0, 0.05) is 11.8 Å². The number of carboxylic acid groups (broad SMARTS) is 1. The fraction of sp³-hybridized carbons (Fsp3) is 0.333. The molecule has 1 aromatic rings. The summed E-state index contributed by atoms with van der Waals surface area (Å²) in [5.74, 6) is -1.09. The second-order valence-corrected chi connectivity index (χ2v) is 3.38. The molecule has 1 rings (SSSR count). The molecule has 0 spiro atoms. The van der Waals surface area contributed by atoms with Gasteiger partial charge >= 0.3 is 5.97 Å². The molecular formula is C9H12N2O3. The molecule has 0 fully saturated rings. The van der Waals surface area contributed by atoms with Crippen LogP contribution in [0.5, 0.6) is 5.75 Å². The number of pyridine rings is 1. The van der Waals surface area contributed by atoms with Crippen LogP contribution in [-0.4, -0.2) is 21.2 Å². The van der Waals surface area contributed by atoms with Crippen LogP contribution >= 0.6 is 0 Å². The van der Waals surface area contributed by atoms with Crippen LogP contribution in [0.4, 0.5) is 0 Å². The molecule has 0 aliphatic carbocycles. The minimum atomic E-state index is -1.08. The first kappa shape index (κ1) is 10.5. The molecule has 1 aromatic heterocycles. The SMILES string of the molecule is C[C@](N)(CC(=O)O)c1ccncc1O. The number of aromatic nitrogens is 1. The third-order valence-corrected chi connectivity index (χ3v) is 1.93. The Hall–Kier alpha value is -1.62. The van der Waals surface area contributed by atoms with Crippen molar-refractivity contribution in [3.05, 3.63) is 24.0 Å². The third-order valence-electron chi connectivity index (χ3n) is 1.93. The molecule has 0 radical (unpaired) electrons. The molecular weight excluding hydrogens is 184 g/mol. The summed E-state index contributed by atoms with van der Waals surface area (Å²) in [5, 5.41) is 18.0. The molecule has 0 aromatic carbocycles. The van der Waals surface area contributed by atoms with Gasteiger partial charge in [-0.25, -0.2) is 0 Å². The van der Waals surface area contributed by atoms with E-state index in [9.17, 15) is 9.90 Å². The van der Waals surface area contributed by atoms with E-state index >= 15 is 0 Å². The van der Waals surface area contributed by atoms with E-state index in [1.807, 2.05) is 0 Å². The summed E-state index contributed by atoms with van der Waals surface area (Å²) in [6.07, 6.45) is 2.45. The van der Waals surface area contributed by atoms with Gasteiger partial charge in [0.05, 0.1) is 18.2 Å². The average Bonchev–Trinajstić information content (AvgIpc) is 2.02. The van der Waals surface area contributed by atoms with Crippen LogP contribution in [0.3, 0.4) is 0 Å². The molecule has 5 nitrogen and oxygen atoms in total. The lowest BCUT2D eigenvalue weighted by molar-refractivity contribution is -0.138. The lowest BCUT2D eigenvalue weighted by Gasteiger charge is -2.23. The van der Waals surface area contributed by atoms with Crippen molar-refractivity contribution in [3.8, 4) is 5.75 Å². The molecule has 76 valence electrons. The van der Waals surface area contributed by atoms with Crippen LogP contribution in [0.15, 0.2) is 18.5 Å². The lowest BCUT2D eigenvalue weighted by Crippen LogP contribution is -2.35. The summed E-state index contributed by atoms with van der Waals surface area (Å²) >= 11 is 0. The monoisotopic (exact) mass is 196 g/mol. The van der Waals surface area contributed by atoms with Gasteiger partial charge in [0.25, 0.3) is 0 Å². The fourth-order valence-corrected chi connectivity index (χ4v) is 1.28. The summed E-state index contributed by atoms with van der Waals surface area (Å²) < 4.78 is 0. The zero-order valence-electron chi connectivity index (χ0n) is 7.77. The van der Waals surface area contributed by atoms with Gasteiger partial charge < -0.3 is 15.9 Å². The number of carbonyl (C=O) groups is 1. The number of rotatable bonds is 3. The quantitative estimate of drug-likeness (QED) is 0.651. The van der Waals surface area contributed by atoms with Gasteiger partial charge in [0.15, 0.2) is 0 Å². The summed E-state index contributed by atoms with van der Waals surface area (Å²) in [4.78, 5) is 14.2. The predicted octanol–water partition coefficient (Wildman–Crippen LogP) is 0.436. The van der Waals surface area contributed by atoms with Crippen molar-refractivity contribution in [2.24, 2.45) is 5.73 Å². The second-order valence-electron chi connectivity index (χ2n) is 3.38. The zero-order chi connectivity index (χ0) is 10.8. The predicted molar refractivity (Wildman–Crippen MR) is 49.7 cm³/mol. The van der Waals surface area contributed by atoms with E-state index in [4.69, 9.17) is 10.8 Å². The molecule has 0 saturated heterocycles. The number of hydrogen-bond donors (Lipinski definition) is 3. The van der Waals surface area contributed by atoms with Crippen LogP contribution in [0.2, 0.25) is 0 Å². The highest BCUT2D eigenvalue weighted by atomic mass is 16.4. The van der Waals surface area contributed by atoms with E-state index in [1.165, 1.54) is 18.5 Å². The third kappa shape index (κ3) is 2.20. The second kappa shape index (κ2) is 3.63. The Labute approximate surface area is 81.2 Å². The number of nitrogens with zero attached hydrogens (tertiary/aromatic N) is 1. The summed E-state index contributed by atoms with van der Waals surface area (Å²) in [6.45, 7) is 1.55. The number of carboxylic acids is 1. The maximum atomic E-state index is 10.5. The Morgan fingerprint density at radius 2 is 2.36 bits per heavy atom. The Morgan fingerprint density at radius 1 is 1.71 bits per heavy atom. The van der Waals surface area contributed by atoms with Crippen molar-refractivity contribution in [2.45, 2.75) is 18.9 Å². The first-order chi connectivity index (χ1) is 6.43. The van der Waals surface area contributed by atoms with Crippen LogP contribution in [-0.2, 0) is 10.3 Å². The van der Waals surface area contributed by atoms with Gasteiger partial charge in [0.1, 0.15) is 5.75 Å². The van der Waals surface area contributed by atoms with Crippen molar-refractivity contribution >= 4 is 5.97 Å². The molecule has 14 heavy (non-hydrogen) atoms. The Kier molecular flexibility index (Phi) is 2.71. The largest absolute Gasteiger partial charge is 0.506 e. The standard InChI is InChI=1S/C9H12N2O3/c1-9(10,4-8(13)14)6-2-3-11-5-7(6)12/h2-3,5,12H,4,10H2,1H3,(H,13,14)/t9-/m0/s1. The van der Waals surface area contributed by atoms with E-state index in [1.54, 1.807) is 6.92 Å². The van der Waals surface area contributed by atoms with Gasteiger partial charge in [0.2, 0.25) is 0 Å². The number of hydrogen-bond acceptors (Lipinski definition) is 4. The highest BCUT2D eigenvalue weighted by Gasteiger charge is 2.27. The van der Waals surface area contributed by atoms with Crippen LogP contribution in [0.25, 0.3) is 0 Å². The molecule has 0 aliphatic rings. The van der Waals surface area contributed by atoms with Crippen LogP contribution < -0.4 is 5.73 Å². The van der Waals surface area contributed by atoms with Gasteiger partial charge in [-0.15, -0.1) is 0 Å². The lowest BCUT2D eigenvalue weighted by atomic mass is 9.90. The molecule has 0 bridgehead atoms. The van der Waals surface area contributed by atoms with Gasteiger partial charge in [-0.3, -0.25) is 9.78 Å². The fourth-order valence-electron chi connectivity index (χ4n) is 1.28. The Balaban J connectivity index is 3.03. The maximum absolute atomic E-state index is 10.5. The molecule has 4 N–H and O–H groups in total. The molecule has 0 amide bonds. The Bertz CT molecular complexity index is 350. The van der Waals surface area contributed by atoms with Crippen molar-refractivity contribution in [1.29, 1.82) is 0 Å². The van der Waals surface area contributed by atoms with Crippen molar-refractivity contribution < 1.29 is 15.0 Å². The average molecular weight is 196 g/mol. The number of aliphatic carboxylic acids is 1. The summed E-state index contributed by atoms with van der Waals surface area (Å²) in [7, 11) is 0. The minimum absolute atomic E-state index is 0.0845. The van der Waals surface area contributed by atoms with E-state index in [2.05, 4.69) is 4.98 Å². The van der Waals surface area contributed by atoms with Crippen molar-refractivity contribution in [2.75, 3.05) is 0 Å². The maximum Gasteiger partial charge on any atom is 0.305 e. The molecule has 5 heteroatoms. The normalized spacial score (nSPS) is 14.7. The van der Waals surface area contributed by atoms with E-state index < -0.39 is 11.5 Å². The highest BCUT2D eigenvalue weighted by molar-refractivity contribution is 5.69. The Morgan fingerprint density at radius 3 is 2.86 bits per heavy atom. The molecule has 0 aliphatic heterocycles. The molecule has 0 unspecified atom stereocenters. The van der Waals surface area contributed by atoms with Crippen molar-refractivity contribution in [3.63, 3.8) is 0 Å². The smallest absolute Gasteiger partial charge is 0.305 e. The zero-order valence-corrected chi connectivity index (χ0v) is 7.77. The van der Waals surface area contributed by atoms with Gasteiger partial charge in [-0.2, -0.15) is 0 Å². The van der Waals surface area contributed by atoms with E-state index in [-0.39, 0.29) is 12.2 Å². The minimum Gasteiger partial charge on any atom is -0.506 e. The summed E-state index contributed by atoms with van der Waals surface area (Å²) in [6, 6.07) is 1.51. The van der Waals surface area contributed by atoms with Gasteiger partial charge in [-0.1, -0.05) is 0 Å². The number of aromatic hydroxyl groups is 1. The topological polar surface area (TPSA) is 96.4 Å². The number of nitrogens with two attached hydrogens (primary N) is 1. The molecule has 1 atom stereocenters. The van der Waals surface area contributed by atoms with Gasteiger partial charge in [-0.05, 0) is 13.0 Å². The van der Waals surface area contributed by atoms with E-state index in [0.29, 0.717) is 5.56 Å². The van der Waals surface area contributed by atoms with Crippen molar-refractivity contribution in [1.82, 2.24) is 4.98 Å². The highest BCUT2D eigenvalue weighted by Crippen LogP contribution is 2.28. The molecule has 0 saturated carbocycles. The summed E-state index contributed by atoms with van der Waals surface area (Å²) in [5.41, 5.74) is 5.07. The molecule has 1 heterocycles. The van der Waals surface area contributed by atoms with E-state index in [0.717, 1.165) is 0 Å². The van der Waals surface area contributed by atoms with Crippen LogP contribution in [0.1, 0.15) is 18.9 Å². The first-order valence-electron chi connectivity index (χ1n) is 4.07.